The van der Waals surface area contributed by atoms with Gasteiger partial charge in [0.15, 0.2) is 0 Å². The Bertz CT molecular complexity index is 953. The van der Waals surface area contributed by atoms with Gasteiger partial charge in [0, 0.05) is 12.4 Å². The lowest BCUT2D eigenvalue weighted by Crippen LogP contribution is -2.07. The highest BCUT2D eigenvalue weighted by atomic mass is 14.7. The maximum Gasteiger partial charge on any atom is 0.0302 e. The molecule has 1 heterocycles. The molecule has 0 bridgehead atoms. The normalized spacial score (nSPS) is 19.2. The van der Waals surface area contributed by atoms with Crippen molar-refractivity contribution in [1.82, 2.24) is 0 Å². The molecule has 3 aliphatic rings. The summed E-state index contributed by atoms with van der Waals surface area (Å²) in [5.41, 5.74) is 8.90. The summed E-state index contributed by atoms with van der Waals surface area (Å²) in [6.45, 7) is 0. The lowest BCUT2D eigenvalue weighted by molar-refractivity contribution is 0.831. The van der Waals surface area contributed by atoms with Crippen LogP contribution in [-0.4, -0.2) is 6.21 Å². The van der Waals surface area contributed by atoms with Gasteiger partial charge in [0.05, 0.1) is 0 Å². The SMILES string of the molecule is C1=CC2=C(CC1)CCc1c2ccc2c(C3=CN=CCC3)cccc12. The van der Waals surface area contributed by atoms with Crippen molar-refractivity contribution in [3.8, 4) is 0 Å². The van der Waals surface area contributed by atoms with Crippen LogP contribution < -0.4 is 0 Å². The van der Waals surface area contributed by atoms with Crippen LogP contribution >= 0.6 is 0 Å². The van der Waals surface area contributed by atoms with Crippen LogP contribution in [0.2, 0.25) is 0 Å². The summed E-state index contributed by atoms with van der Waals surface area (Å²) in [7, 11) is 0. The first-order valence-electron chi connectivity index (χ1n) is 9.06. The number of aliphatic imine (C=N–C) groups is 1. The first-order chi connectivity index (χ1) is 11.9. The summed E-state index contributed by atoms with van der Waals surface area (Å²) in [5, 5.41) is 2.83. The van der Waals surface area contributed by atoms with Crippen LogP contribution in [0.4, 0.5) is 0 Å². The number of allylic oxidation sites excluding steroid dienone is 5. The summed E-state index contributed by atoms with van der Waals surface area (Å²) < 4.78 is 0. The van der Waals surface area contributed by atoms with Crippen molar-refractivity contribution in [3.05, 3.63) is 70.9 Å². The third kappa shape index (κ3) is 2.11. The largest absolute Gasteiger partial charge is 0.269 e. The zero-order chi connectivity index (χ0) is 15.9. The van der Waals surface area contributed by atoms with Crippen LogP contribution in [-0.2, 0) is 6.42 Å². The van der Waals surface area contributed by atoms with E-state index in [0.29, 0.717) is 0 Å². The van der Waals surface area contributed by atoms with E-state index in [1.165, 1.54) is 58.7 Å². The van der Waals surface area contributed by atoms with Crippen LogP contribution in [0.15, 0.2) is 59.2 Å². The van der Waals surface area contributed by atoms with Gasteiger partial charge in [-0.1, -0.05) is 48.1 Å². The standard InChI is InChI=1S/C23H21N/c1-2-7-18-16(5-1)10-11-23-20-9-3-8-19(17-6-4-14-24-15-17)22(20)13-12-21(18)23/h2-3,7-9,12-15H,1,4-6,10-11H2. The third-order valence-electron chi connectivity index (χ3n) is 5.64. The molecule has 118 valence electrons. The minimum Gasteiger partial charge on any atom is -0.269 e. The maximum absolute atomic E-state index is 4.38. The van der Waals surface area contributed by atoms with Crippen LogP contribution in [0.25, 0.3) is 21.9 Å². The van der Waals surface area contributed by atoms with Crippen molar-refractivity contribution in [2.75, 3.05) is 0 Å². The van der Waals surface area contributed by atoms with Gasteiger partial charge in [0.25, 0.3) is 0 Å². The fourth-order valence-electron chi connectivity index (χ4n) is 4.46. The highest BCUT2D eigenvalue weighted by molar-refractivity contribution is 6.00. The first kappa shape index (κ1) is 14.0. The summed E-state index contributed by atoms with van der Waals surface area (Å²) in [5.74, 6) is 0. The van der Waals surface area contributed by atoms with Gasteiger partial charge < -0.3 is 0 Å². The predicted molar refractivity (Wildman–Crippen MR) is 103 cm³/mol. The Balaban J connectivity index is 1.73. The van der Waals surface area contributed by atoms with E-state index in [-0.39, 0.29) is 0 Å². The van der Waals surface area contributed by atoms with Gasteiger partial charge in [-0.2, -0.15) is 0 Å². The Labute approximate surface area is 143 Å². The molecule has 0 saturated heterocycles. The molecule has 0 radical (unpaired) electrons. The smallest absolute Gasteiger partial charge is 0.0302 e. The minimum atomic E-state index is 1.05. The van der Waals surface area contributed by atoms with Gasteiger partial charge in [-0.05, 0) is 77.1 Å². The summed E-state index contributed by atoms with van der Waals surface area (Å²) in [4.78, 5) is 4.38. The topological polar surface area (TPSA) is 12.4 Å². The average molecular weight is 311 g/mol. The van der Waals surface area contributed by atoms with Crippen LogP contribution in [0.3, 0.4) is 0 Å². The van der Waals surface area contributed by atoms with Gasteiger partial charge in [-0.15, -0.1) is 0 Å². The van der Waals surface area contributed by atoms with Crippen molar-refractivity contribution in [2.24, 2.45) is 4.99 Å². The second-order valence-electron chi connectivity index (χ2n) is 6.98. The highest BCUT2D eigenvalue weighted by Gasteiger charge is 2.21. The molecule has 0 spiro atoms. The minimum absolute atomic E-state index is 1.05. The number of nitrogens with zero attached hydrogens (tertiary/aromatic N) is 1. The number of rotatable bonds is 1. The van der Waals surface area contributed by atoms with Crippen LogP contribution in [0.5, 0.6) is 0 Å². The first-order valence-corrected chi connectivity index (χ1v) is 9.06. The Morgan fingerprint density at radius 3 is 2.71 bits per heavy atom. The quantitative estimate of drug-likeness (QED) is 0.604. The fraction of sp³-hybridized carbons (Fsp3) is 0.261. The van der Waals surface area contributed by atoms with E-state index in [2.05, 4.69) is 47.5 Å². The van der Waals surface area contributed by atoms with Crippen LogP contribution in [0.1, 0.15) is 48.8 Å². The van der Waals surface area contributed by atoms with E-state index in [1.54, 1.807) is 11.1 Å². The van der Waals surface area contributed by atoms with Crippen molar-refractivity contribution in [1.29, 1.82) is 0 Å². The predicted octanol–water partition coefficient (Wildman–Crippen LogP) is 6.10. The molecule has 24 heavy (non-hydrogen) atoms. The third-order valence-corrected chi connectivity index (χ3v) is 5.64. The van der Waals surface area contributed by atoms with E-state index in [4.69, 9.17) is 0 Å². The Morgan fingerprint density at radius 1 is 0.792 bits per heavy atom. The van der Waals surface area contributed by atoms with E-state index < -0.39 is 0 Å². The fourth-order valence-corrected chi connectivity index (χ4v) is 4.46. The highest BCUT2D eigenvalue weighted by Crippen LogP contribution is 2.41. The molecular formula is C23H21N. The molecule has 0 unspecified atom stereocenters. The Kier molecular flexibility index (Phi) is 3.26. The van der Waals surface area contributed by atoms with E-state index >= 15 is 0 Å². The van der Waals surface area contributed by atoms with E-state index in [9.17, 15) is 0 Å². The van der Waals surface area contributed by atoms with Crippen molar-refractivity contribution in [2.45, 2.75) is 38.5 Å². The Morgan fingerprint density at radius 2 is 1.79 bits per heavy atom. The molecule has 1 nitrogen and oxygen atoms in total. The van der Waals surface area contributed by atoms with Gasteiger partial charge in [0.1, 0.15) is 0 Å². The zero-order valence-electron chi connectivity index (χ0n) is 13.9. The lowest BCUT2D eigenvalue weighted by Gasteiger charge is -2.26. The van der Waals surface area contributed by atoms with Crippen molar-refractivity contribution in [3.63, 3.8) is 0 Å². The van der Waals surface area contributed by atoms with E-state index in [1.807, 2.05) is 12.4 Å². The van der Waals surface area contributed by atoms with Gasteiger partial charge in [-0.3, -0.25) is 4.99 Å². The second kappa shape index (κ2) is 5.59. The molecule has 0 atom stereocenters. The molecule has 0 aromatic heterocycles. The molecule has 2 aromatic carbocycles. The molecular weight excluding hydrogens is 290 g/mol. The zero-order valence-corrected chi connectivity index (χ0v) is 13.9. The molecule has 0 saturated carbocycles. The molecule has 0 fully saturated rings. The molecule has 1 aliphatic heterocycles. The lowest BCUT2D eigenvalue weighted by atomic mass is 9.79. The van der Waals surface area contributed by atoms with Gasteiger partial charge in [-0.25, -0.2) is 0 Å². The van der Waals surface area contributed by atoms with Gasteiger partial charge >= 0.3 is 0 Å². The monoisotopic (exact) mass is 311 g/mol. The number of hydrogen-bond acceptors (Lipinski definition) is 1. The molecule has 2 aliphatic carbocycles. The summed E-state index contributed by atoms with van der Waals surface area (Å²) in [6.07, 6.45) is 15.7. The van der Waals surface area contributed by atoms with Crippen LogP contribution in [0, 0.1) is 0 Å². The second-order valence-corrected chi connectivity index (χ2v) is 6.98. The van der Waals surface area contributed by atoms with Crippen molar-refractivity contribution >= 4 is 28.1 Å². The molecule has 5 rings (SSSR count). The number of hydrogen-bond donors (Lipinski definition) is 0. The number of fused-ring (bicyclic) bond motifs is 4. The molecule has 0 N–H and O–H groups in total. The summed E-state index contributed by atoms with van der Waals surface area (Å²) in [6, 6.07) is 11.5. The van der Waals surface area contributed by atoms with E-state index in [0.717, 1.165) is 12.8 Å². The van der Waals surface area contributed by atoms with Gasteiger partial charge in [0.2, 0.25) is 0 Å². The number of aryl methyl sites for hydroxylation is 1. The number of benzene rings is 2. The van der Waals surface area contributed by atoms with Crippen molar-refractivity contribution < 1.29 is 0 Å². The summed E-state index contributed by atoms with van der Waals surface area (Å²) >= 11 is 0. The molecule has 2 aromatic rings. The maximum atomic E-state index is 4.38. The average Bonchev–Trinajstić information content (AvgIpc) is 2.67. The Hall–Kier alpha value is -2.41. The molecule has 0 amide bonds. The molecule has 1 heteroatoms.